The van der Waals surface area contributed by atoms with Gasteiger partial charge in [0.05, 0.1) is 13.7 Å². The van der Waals surface area contributed by atoms with Gasteiger partial charge in [0.1, 0.15) is 5.82 Å². The van der Waals surface area contributed by atoms with E-state index in [1.54, 1.807) is 25.4 Å². The second-order valence-electron chi connectivity index (χ2n) is 6.46. The van der Waals surface area contributed by atoms with Crippen LogP contribution in [-0.2, 0) is 19.4 Å². The minimum absolute atomic E-state index is 0.0223. The van der Waals surface area contributed by atoms with Crippen LogP contribution in [0.2, 0.25) is 0 Å². The molecule has 0 saturated heterocycles. The van der Waals surface area contributed by atoms with E-state index in [4.69, 9.17) is 4.74 Å². The van der Waals surface area contributed by atoms with Crippen LogP contribution in [0.15, 0.2) is 48.7 Å². The van der Waals surface area contributed by atoms with E-state index in [1.807, 2.05) is 27.8 Å². The van der Waals surface area contributed by atoms with Crippen molar-refractivity contribution in [1.82, 2.24) is 24.6 Å². The zero-order chi connectivity index (χ0) is 18.6. The predicted octanol–water partition coefficient (Wildman–Crippen LogP) is 1.97. The average Bonchev–Trinajstić information content (AvgIpc) is 2.99. The molecule has 3 heterocycles. The van der Waals surface area contributed by atoms with Crippen molar-refractivity contribution in [1.29, 1.82) is 0 Å². The number of rotatable bonds is 4. The fourth-order valence-corrected chi connectivity index (χ4v) is 3.25. The molecule has 3 aromatic rings. The number of methoxy groups -OCH3 is 1. The van der Waals surface area contributed by atoms with E-state index < -0.39 is 0 Å². The molecule has 0 N–H and O–H groups in total. The lowest BCUT2D eigenvalue weighted by Crippen LogP contribution is -2.33. The second-order valence-corrected chi connectivity index (χ2v) is 6.46. The maximum Gasteiger partial charge on any atom is 0.254 e. The third kappa shape index (κ3) is 3.81. The van der Waals surface area contributed by atoms with E-state index in [9.17, 15) is 4.79 Å². The summed E-state index contributed by atoms with van der Waals surface area (Å²) in [6.45, 7) is 1.86. The molecule has 0 spiro atoms. The van der Waals surface area contributed by atoms with Gasteiger partial charge in [-0.2, -0.15) is 5.10 Å². The zero-order valence-corrected chi connectivity index (χ0v) is 15.2. The van der Waals surface area contributed by atoms with Crippen LogP contribution in [0.1, 0.15) is 27.6 Å². The quantitative estimate of drug-likeness (QED) is 0.709. The normalized spacial score (nSPS) is 13.7. The van der Waals surface area contributed by atoms with Crippen molar-refractivity contribution in [3.05, 3.63) is 71.4 Å². The first-order valence-electron chi connectivity index (χ1n) is 8.99. The Morgan fingerprint density at radius 1 is 1.15 bits per heavy atom. The van der Waals surface area contributed by atoms with Crippen LogP contribution < -0.4 is 4.74 Å². The van der Waals surface area contributed by atoms with Gasteiger partial charge in [0.15, 0.2) is 5.82 Å². The van der Waals surface area contributed by atoms with Crippen molar-refractivity contribution in [3.63, 3.8) is 0 Å². The Labute approximate surface area is 157 Å². The number of pyridine rings is 1. The Balaban J connectivity index is 1.44. The van der Waals surface area contributed by atoms with E-state index in [0.29, 0.717) is 37.5 Å². The maximum absolute atomic E-state index is 12.8. The number of carbonyl (C=O) groups is 1. The van der Waals surface area contributed by atoms with Crippen molar-refractivity contribution in [2.45, 2.75) is 19.4 Å². The third-order valence-electron chi connectivity index (χ3n) is 4.66. The van der Waals surface area contributed by atoms with Gasteiger partial charge in [-0.25, -0.2) is 14.6 Å². The Hall–Kier alpha value is -3.22. The highest BCUT2D eigenvalue weighted by molar-refractivity contribution is 5.94. The summed E-state index contributed by atoms with van der Waals surface area (Å²) >= 11 is 0. The van der Waals surface area contributed by atoms with Crippen molar-refractivity contribution in [2.75, 3.05) is 20.2 Å². The second kappa shape index (κ2) is 7.57. The molecule has 2 aromatic heterocycles. The molecule has 0 fully saturated rings. The van der Waals surface area contributed by atoms with Crippen LogP contribution >= 0.6 is 0 Å². The molecule has 1 amide bonds. The number of carbonyl (C=O) groups excluding carboxylic acids is 1. The molecule has 7 heteroatoms. The lowest BCUT2D eigenvalue weighted by atomic mass is 10.1. The Bertz CT molecular complexity index is 913. The van der Waals surface area contributed by atoms with Gasteiger partial charge in [0.2, 0.25) is 5.88 Å². The van der Waals surface area contributed by atoms with Crippen LogP contribution in [0.3, 0.4) is 0 Å². The fraction of sp³-hybridized carbons (Fsp3) is 0.300. The van der Waals surface area contributed by atoms with Gasteiger partial charge < -0.3 is 9.64 Å². The summed E-state index contributed by atoms with van der Waals surface area (Å²) in [7, 11) is 1.54. The molecular formula is C20H21N5O2. The Morgan fingerprint density at radius 2 is 2.00 bits per heavy atom. The summed E-state index contributed by atoms with van der Waals surface area (Å²) in [5, 5.41) is 4.64. The lowest BCUT2D eigenvalue weighted by molar-refractivity contribution is 0.0757. The van der Waals surface area contributed by atoms with E-state index in [2.05, 4.69) is 27.2 Å². The molecule has 1 aliphatic rings. The first-order chi connectivity index (χ1) is 13.2. The molecule has 0 saturated carbocycles. The van der Waals surface area contributed by atoms with Gasteiger partial charge in [-0.15, -0.1) is 0 Å². The van der Waals surface area contributed by atoms with Crippen LogP contribution in [0.5, 0.6) is 5.88 Å². The van der Waals surface area contributed by atoms with Crippen molar-refractivity contribution in [3.8, 4) is 5.88 Å². The standard InChI is InChI=1S/C20H21N5O2/c1-27-19-14-16(7-9-21-19)20(26)24-10-8-18-22-17(23-25(18)12-11-24)13-15-5-3-2-4-6-15/h2-7,9,14H,8,10-13H2,1H3. The van der Waals surface area contributed by atoms with Crippen molar-refractivity contribution in [2.24, 2.45) is 0 Å². The smallest absolute Gasteiger partial charge is 0.254 e. The molecular weight excluding hydrogens is 342 g/mol. The summed E-state index contributed by atoms with van der Waals surface area (Å²) in [6, 6.07) is 13.6. The summed E-state index contributed by atoms with van der Waals surface area (Å²) in [5.74, 6) is 2.18. The van der Waals surface area contributed by atoms with E-state index in [1.165, 1.54) is 5.56 Å². The first-order valence-corrected chi connectivity index (χ1v) is 8.99. The number of nitrogens with zero attached hydrogens (tertiary/aromatic N) is 5. The monoisotopic (exact) mass is 363 g/mol. The molecule has 7 nitrogen and oxygen atoms in total. The number of benzene rings is 1. The highest BCUT2D eigenvalue weighted by Gasteiger charge is 2.22. The minimum atomic E-state index is -0.0223. The molecule has 27 heavy (non-hydrogen) atoms. The van der Waals surface area contributed by atoms with Gasteiger partial charge >= 0.3 is 0 Å². The zero-order valence-electron chi connectivity index (χ0n) is 15.2. The van der Waals surface area contributed by atoms with Crippen LogP contribution in [0, 0.1) is 0 Å². The first kappa shape index (κ1) is 17.2. The summed E-state index contributed by atoms with van der Waals surface area (Å²) in [5.41, 5.74) is 1.78. The fourth-order valence-electron chi connectivity index (χ4n) is 3.25. The van der Waals surface area contributed by atoms with Gasteiger partial charge in [0, 0.05) is 43.8 Å². The largest absolute Gasteiger partial charge is 0.481 e. The van der Waals surface area contributed by atoms with E-state index in [0.717, 1.165) is 18.1 Å². The molecule has 4 rings (SSSR count). The summed E-state index contributed by atoms with van der Waals surface area (Å²) in [6.07, 6.45) is 3.00. The lowest BCUT2D eigenvalue weighted by Gasteiger charge is -2.20. The van der Waals surface area contributed by atoms with E-state index >= 15 is 0 Å². The van der Waals surface area contributed by atoms with Gasteiger partial charge in [-0.1, -0.05) is 30.3 Å². The number of fused-ring (bicyclic) bond motifs is 1. The molecule has 0 unspecified atom stereocenters. The molecule has 138 valence electrons. The molecule has 0 radical (unpaired) electrons. The average molecular weight is 363 g/mol. The van der Waals surface area contributed by atoms with Gasteiger partial charge in [0.25, 0.3) is 5.91 Å². The topological polar surface area (TPSA) is 73.1 Å². The molecule has 0 bridgehead atoms. The molecule has 0 atom stereocenters. The molecule has 0 aliphatic carbocycles. The third-order valence-corrected chi connectivity index (χ3v) is 4.66. The van der Waals surface area contributed by atoms with Crippen molar-refractivity contribution >= 4 is 5.91 Å². The number of aromatic nitrogens is 4. The number of hydrogen-bond donors (Lipinski definition) is 0. The Kier molecular flexibility index (Phi) is 4.82. The summed E-state index contributed by atoms with van der Waals surface area (Å²) < 4.78 is 7.04. The maximum atomic E-state index is 12.8. The van der Waals surface area contributed by atoms with Gasteiger partial charge in [-0.3, -0.25) is 4.79 Å². The number of hydrogen-bond acceptors (Lipinski definition) is 5. The highest BCUT2D eigenvalue weighted by atomic mass is 16.5. The minimum Gasteiger partial charge on any atom is -0.481 e. The summed E-state index contributed by atoms with van der Waals surface area (Å²) in [4.78, 5) is 23.4. The number of amides is 1. The SMILES string of the molecule is COc1cc(C(=O)N2CCc3nc(Cc4ccccc4)nn3CC2)ccn1. The van der Waals surface area contributed by atoms with Crippen LogP contribution in [-0.4, -0.2) is 50.8 Å². The van der Waals surface area contributed by atoms with Crippen molar-refractivity contribution < 1.29 is 9.53 Å². The van der Waals surface area contributed by atoms with Crippen LogP contribution in [0.25, 0.3) is 0 Å². The number of ether oxygens (including phenoxy) is 1. The highest BCUT2D eigenvalue weighted by Crippen LogP contribution is 2.15. The van der Waals surface area contributed by atoms with Crippen LogP contribution in [0.4, 0.5) is 0 Å². The molecule has 1 aliphatic heterocycles. The van der Waals surface area contributed by atoms with Gasteiger partial charge in [-0.05, 0) is 11.6 Å². The Morgan fingerprint density at radius 3 is 2.81 bits per heavy atom. The van der Waals surface area contributed by atoms with E-state index in [-0.39, 0.29) is 5.91 Å². The molecule has 1 aromatic carbocycles. The predicted molar refractivity (Wildman–Crippen MR) is 99.7 cm³/mol.